The van der Waals surface area contributed by atoms with Crippen LogP contribution < -0.4 is 5.32 Å². The van der Waals surface area contributed by atoms with Crippen LogP contribution >= 0.6 is 0 Å². The molecule has 1 rings (SSSR count). The van der Waals surface area contributed by atoms with Crippen molar-refractivity contribution in [3.8, 4) is 0 Å². The average molecular weight is 196 g/mol. The third kappa shape index (κ3) is 2.29. The SMILES string of the molecule is Cc1c(F)cccc1NC(=O)C=NO. The van der Waals surface area contributed by atoms with Gasteiger partial charge in [-0.2, -0.15) is 0 Å². The average Bonchev–Trinajstić information content (AvgIpc) is 2.13. The molecule has 0 aliphatic carbocycles. The van der Waals surface area contributed by atoms with Crippen molar-refractivity contribution in [2.75, 3.05) is 5.32 Å². The molecule has 0 saturated heterocycles. The number of amides is 1. The summed E-state index contributed by atoms with van der Waals surface area (Å²) in [6.45, 7) is 1.54. The number of nitrogens with zero attached hydrogens (tertiary/aromatic N) is 1. The molecule has 1 aromatic rings. The molecule has 0 spiro atoms. The quantitative estimate of drug-likeness (QED) is 0.428. The number of anilines is 1. The van der Waals surface area contributed by atoms with Crippen molar-refractivity contribution >= 4 is 17.8 Å². The summed E-state index contributed by atoms with van der Waals surface area (Å²) in [4.78, 5) is 10.9. The van der Waals surface area contributed by atoms with Crippen LogP contribution in [0.3, 0.4) is 0 Å². The Balaban J connectivity index is 2.87. The molecule has 0 aliphatic rings. The number of carbonyl (C=O) groups is 1. The van der Waals surface area contributed by atoms with Crippen LogP contribution in [0.2, 0.25) is 0 Å². The van der Waals surface area contributed by atoms with Gasteiger partial charge in [-0.05, 0) is 19.1 Å². The highest BCUT2D eigenvalue weighted by Crippen LogP contribution is 2.16. The van der Waals surface area contributed by atoms with Gasteiger partial charge in [-0.3, -0.25) is 4.79 Å². The Morgan fingerprint density at radius 1 is 1.64 bits per heavy atom. The molecule has 14 heavy (non-hydrogen) atoms. The first-order valence-electron chi connectivity index (χ1n) is 3.88. The molecule has 1 amide bonds. The second kappa shape index (κ2) is 4.36. The molecule has 0 bridgehead atoms. The molecular weight excluding hydrogens is 187 g/mol. The third-order valence-corrected chi connectivity index (χ3v) is 1.70. The van der Waals surface area contributed by atoms with Gasteiger partial charge in [0.1, 0.15) is 12.0 Å². The zero-order valence-electron chi connectivity index (χ0n) is 7.49. The first-order valence-corrected chi connectivity index (χ1v) is 3.88. The van der Waals surface area contributed by atoms with E-state index in [4.69, 9.17) is 5.21 Å². The van der Waals surface area contributed by atoms with Crippen LogP contribution in [-0.4, -0.2) is 17.3 Å². The molecule has 0 unspecified atom stereocenters. The molecule has 4 nitrogen and oxygen atoms in total. The zero-order valence-corrected chi connectivity index (χ0v) is 7.49. The van der Waals surface area contributed by atoms with Gasteiger partial charge in [0, 0.05) is 11.3 Å². The van der Waals surface area contributed by atoms with Crippen LogP contribution in [-0.2, 0) is 4.79 Å². The molecule has 0 fully saturated rings. The number of hydrogen-bond acceptors (Lipinski definition) is 3. The lowest BCUT2D eigenvalue weighted by molar-refractivity contribution is -0.110. The Morgan fingerprint density at radius 3 is 3.00 bits per heavy atom. The summed E-state index contributed by atoms with van der Waals surface area (Å²) >= 11 is 0. The van der Waals surface area contributed by atoms with E-state index in [9.17, 15) is 9.18 Å². The molecule has 0 saturated carbocycles. The summed E-state index contributed by atoms with van der Waals surface area (Å²) in [5.41, 5.74) is 0.696. The van der Waals surface area contributed by atoms with Gasteiger partial charge >= 0.3 is 0 Å². The van der Waals surface area contributed by atoms with Gasteiger partial charge in [0.2, 0.25) is 0 Å². The second-order valence-electron chi connectivity index (χ2n) is 2.65. The van der Waals surface area contributed by atoms with Crippen LogP contribution in [0, 0.1) is 12.7 Å². The maximum Gasteiger partial charge on any atom is 0.270 e. The van der Waals surface area contributed by atoms with Gasteiger partial charge in [0.05, 0.1) is 0 Å². The normalized spacial score (nSPS) is 10.4. The van der Waals surface area contributed by atoms with E-state index in [-0.39, 0.29) is 0 Å². The molecule has 0 atom stereocenters. The molecule has 0 aromatic heterocycles. The van der Waals surface area contributed by atoms with Crippen molar-refractivity contribution in [2.45, 2.75) is 6.92 Å². The van der Waals surface area contributed by atoms with Crippen molar-refractivity contribution in [3.05, 3.63) is 29.6 Å². The third-order valence-electron chi connectivity index (χ3n) is 1.70. The molecule has 1 aromatic carbocycles. The van der Waals surface area contributed by atoms with Crippen LogP contribution in [0.25, 0.3) is 0 Å². The highest BCUT2D eigenvalue weighted by atomic mass is 19.1. The Morgan fingerprint density at radius 2 is 2.36 bits per heavy atom. The Labute approximate surface area is 80.0 Å². The number of hydrogen-bond donors (Lipinski definition) is 2. The van der Waals surface area contributed by atoms with Gasteiger partial charge in [-0.25, -0.2) is 4.39 Å². The first-order chi connectivity index (χ1) is 6.65. The molecule has 2 N–H and O–H groups in total. The molecule has 5 heteroatoms. The summed E-state index contributed by atoms with van der Waals surface area (Å²) in [5.74, 6) is -1.01. The summed E-state index contributed by atoms with van der Waals surface area (Å²) in [6, 6.07) is 4.33. The maximum atomic E-state index is 13.0. The Kier molecular flexibility index (Phi) is 3.17. The van der Waals surface area contributed by atoms with Gasteiger partial charge < -0.3 is 10.5 Å². The van der Waals surface area contributed by atoms with Crippen molar-refractivity contribution in [1.82, 2.24) is 0 Å². The topological polar surface area (TPSA) is 61.7 Å². The summed E-state index contributed by atoms with van der Waals surface area (Å²) in [6.07, 6.45) is 0.699. The number of carbonyl (C=O) groups excluding carboxylic acids is 1. The summed E-state index contributed by atoms with van der Waals surface area (Å²) in [5, 5.41) is 13.0. The van der Waals surface area contributed by atoms with E-state index in [2.05, 4.69) is 10.5 Å². The van der Waals surface area contributed by atoms with E-state index < -0.39 is 11.7 Å². The Bertz CT molecular complexity index is 377. The second-order valence-corrected chi connectivity index (χ2v) is 2.65. The highest BCUT2D eigenvalue weighted by molar-refractivity contribution is 6.31. The zero-order chi connectivity index (χ0) is 10.6. The van der Waals surface area contributed by atoms with Crippen LogP contribution in [0.5, 0.6) is 0 Å². The predicted octanol–water partition coefficient (Wildman–Crippen LogP) is 1.53. The van der Waals surface area contributed by atoms with Crippen molar-refractivity contribution in [1.29, 1.82) is 0 Å². The highest BCUT2D eigenvalue weighted by Gasteiger charge is 2.05. The van der Waals surface area contributed by atoms with Crippen LogP contribution in [0.4, 0.5) is 10.1 Å². The Hall–Kier alpha value is -1.91. The standard InChI is InChI=1S/C9H9FN2O2/c1-6-7(10)3-2-4-8(6)12-9(13)5-11-14/h2-5,14H,1H3,(H,12,13). The van der Waals surface area contributed by atoms with Gasteiger partial charge in [-0.15, -0.1) is 0 Å². The largest absolute Gasteiger partial charge is 0.411 e. The molecular formula is C9H9FN2O2. The summed E-state index contributed by atoms with van der Waals surface area (Å²) in [7, 11) is 0. The molecule has 0 aliphatic heterocycles. The number of nitrogens with one attached hydrogen (secondary N) is 1. The smallest absolute Gasteiger partial charge is 0.270 e. The van der Waals surface area contributed by atoms with E-state index in [0.29, 0.717) is 17.5 Å². The lowest BCUT2D eigenvalue weighted by atomic mass is 10.2. The minimum Gasteiger partial charge on any atom is -0.411 e. The lowest BCUT2D eigenvalue weighted by Crippen LogP contribution is -2.13. The van der Waals surface area contributed by atoms with Crippen molar-refractivity contribution in [3.63, 3.8) is 0 Å². The number of oxime groups is 1. The van der Waals surface area contributed by atoms with E-state index in [1.165, 1.54) is 12.1 Å². The lowest BCUT2D eigenvalue weighted by Gasteiger charge is -2.05. The number of rotatable bonds is 2. The van der Waals surface area contributed by atoms with Gasteiger partial charge in [-0.1, -0.05) is 11.2 Å². The molecule has 0 radical (unpaired) electrons. The van der Waals surface area contributed by atoms with E-state index in [0.717, 1.165) is 0 Å². The maximum absolute atomic E-state index is 13.0. The fourth-order valence-electron chi connectivity index (χ4n) is 0.960. The number of benzene rings is 1. The number of halogens is 1. The van der Waals surface area contributed by atoms with E-state index in [1.54, 1.807) is 13.0 Å². The van der Waals surface area contributed by atoms with Gasteiger partial charge in [0.15, 0.2) is 0 Å². The van der Waals surface area contributed by atoms with Crippen LogP contribution in [0.1, 0.15) is 5.56 Å². The van der Waals surface area contributed by atoms with Crippen LogP contribution in [0.15, 0.2) is 23.4 Å². The monoisotopic (exact) mass is 196 g/mol. The summed E-state index contributed by atoms with van der Waals surface area (Å²) < 4.78 is 13.0. The molecule has 0 heterocycles. The van der Waals surface area contributed by atoms with Crippen molar-refractivity contribution < 1.29 is 14.4 Å². The molecule has 74 valence electrons. The predicted molar refractivity (Wildman–Crippen MR) is 50.0 cm³/mol. The first kappa shape index (κ1) is 10.2. The fourth-order valence-corrected chi connectivity index (χ4v) is 0.960. The fraction of sp³-hybridized carbons (Fsp3) is 0.111. The minimum absolute atomic E-state index is 0.340. The minimum atomic E-state index is -0.610. The van der Waals surface area contributed by atoms with E-state index >= 15 is 0 Å². The van der Waals surface area contributed by atoms with Gasteiger partial charge in [0.25, 0.3) is 5.91 Å². The van der Waals surface area contributed by atoms with Crippen molar-refractivity contribution in [2.24, 2.45) is 5.16 Å². The van der Waals surface area contributed by atoms with E-state index in [1.807, 2.05) is 0 Å².